The van der Waals surface area contributed by atoms with Gasteiger partial charge in [-0.15, -0.1) is 0 Å². The summed E-state index contributed by atoms with van der Waals surface area (Å²) < 4.78 is 30.7. The molecule has 2 aromatic heterocycles. The molecule has 0 aliphatic heterocycles. The molecule has 0 aliphatic carbocycles. The minimum absolute atomic E-state index is 0.0821. The zero-order valence-corrected chi connectivity index (χ0v) is 29.3. The van der Waals surface area contributed by atoms with Crippen LogP contribution in [0, 0.1) is 28.5 Å². The van der Waals surface area contributed by atoms with Gasteiger partial charge in [-0.2, -0.15) is 15.6 Å². The standard InChI is InChI=1S/C27H46N5O4P.C8H6FNO/c1-3-4-5-6-7-8-9-10-11-12-13-14-15-20-35-37(33)36-22-27(21-28,34-2)19-18-24-16-17-25-26(29)30-23-31-32(24)25;9-8-2-6(4-10)1-7(3-8)5-11/h16-17,23,33H,3-15,18-20,22H2,1-2H3,(H2,29,30,31);1-3,11H,5H2. The summed E-state index contributed by atoms with van der Waals surface area (Å²) in [5.41, 5.74) is 6.93. The minimum Gasteiger partial charge on any atom is -0.392 e. The van der Waals surface area contributed by atoms with Crippen molar-refractivity contribution in [2.24, 2.45) is 0 Å². The number of methoxy groups -OCH3 is 1. The number of anilines is 1. The van der Waals surface area contributed by atoms with Crippen LogP contribution in [0.4, 0.5) is 10.2 Å². The maximum Gasteiger partial charge on any atom is 0.329 e. The summed E-state index contributed by atoms with van der Waals surface area (Å²) in [6.45, 7) is 2.38. The van der Waals surface area contributed by atoms with Gasteiger partial charge in [0, 0.05) is 12.8 Å². The molecule has 13 heteroatoms. The fourth-order valence-corrected chi connectivity index (χ4v) is 5.84. The van der Waals surface area contributed by atoms with Gasteiger partial charge in [0.05, 0.1) is 31.5 Å². The number of aliphatic hydroxyl groups excluding tert-OH is 1. The van der Waals surface area contributed by atoms with E-state index in [-0.39, 0.29) is 18.8 Å². The summed E-state index contributed by atoms with van der Waals surface area (Å²) in [5.74, 6) is -0.0949. The molecule has 3 rings (SSSR count). The Bertz CT molecular complexity index is 1410. The molecule has 2 heterocycles. The second-order valence-electron chi connectivity index (χ2n) is 11.8. The van der Waals surface area contributed by atoms with E-state index in [2.05, 4.69) is 23.1 Å². The lowest BCUT2D eigenvalue weighted by Crippen LogP contribution is -2.35. The maximum atomic E-state index is 12.5. The first kappa shape index (κ1) is 41.0. The Morgan fingerprint density at radius 2 is 1.60 bits per heavy atom. The highest BCUT2D eigenvalue weighted by Crippen LogP contribution is 2.35. The van der Waals surface area contributed by atoms with Gasteiger partial charge in [0.1, 0.15) is 23.7 Å². The minimum atomic E-state index is -2.06. The highest BCUT2D eigenvalue weighted by Gasteiger charge is 2.32. The van der Waals surface area contributed by atoms with E-state index in [4.69, 9.17) is 29.9 Å². The van der Waals surface area contributed by atoms with Crippen molar-refractivity contribution in [3.63, 3.8) is 0 Å². The molecule has 2 atom stereocenters. The smallest absolute Gasteiger partial charge is 0.329 e. The van der Waals surface area contributed by atoms with E-state index in [1.807, 2.05) is 12.1 Å². The number of aromatic nitrogens is 3. The van der Waals surface area contributed by atoms with Crippen LogP contribution in [0.25, 0.3) is 5.52 Å². The van der Waals surface area contributed by atoms with Crippen molar-refractivity contribution in [3.05, 3.63) is 59.3 Å². The number of hydrogen-bond donors (Lipinski definition) is 3. The summed E-state index contributed by atoms with van der Waals surface area (Å²) in [6.07, 6.45) is 18.9. The molecular weight excluding hydrogens is 634 g/mol. The average Bonchev–Trinajstić information content (AvgIpc) is 3.53. The lowest BCUT2D eigenvalue weighted by Gasteiger charge is -2.25. The van der Waals surface area contributed by atoms with Crippen molar-refractivity contribution >= 4 is 19.9 Å². The van der Waals surface area contributed by atoms with Crippen molar-refractivity contribution < 1.29 is 28.2 Å². The van der Waals surface area contributed by atoms with E-state index in [1.54, 1.807) is 10.6 Å². The monoisotopic (exact) mass is 686 g/mol. The van der Waals surface area contributed by atoms with Gasteiger partial charge in [0.15, 0.2) is 11.4 Å². The van der Waals surface area contributed by atoms with Gasteiger partial charge in [0.25, 0.3) is 0 Å². The number of fused-ring (bicyclic) bond motifs is 1. The number of ether oxygens (including phenoxy) is 1. The van der Waals surface area contributed by atoms with Crippen molar-refractivity contribution in [3.8, 4) is 12.1 Å². The summed E-state index contributed by atoms with van der Waals surface area (Å²) in [7, 11) is -0.589. The molecule has 11 nitrogen and oxygen atoms in total. The van der Waals surface area contributed by atoms with E-state index in [0.717, 1.165) is 24.6 Å². The average molecular weight is 687 g/mol. The largest absolute Gasteiger partial charge is 0.392 e. The second-order valence-corrected chi connectivity index (χ2v) is 12.8. The number of benzene rings is 1. The highest BCUT2D eigenvalue weighted by molar-refractivity contribution is 7.40. The topological polar surface area (TPSA) is 172 Å². The third-order valence-corrected chi connectivity index (χ3v) is 8.82. The SMILES string of the molecule is CCCCCCCCCCCCCCCOP(O)OCC(C#N)(CCc1ccc2c(N)ncnn12)OC.N#Cc1cc(F)cc(CO)c1. The molecule has 0 saturated carbocycles. The van der Waals surface area contributed by atoms with Crippen LogP contribution in [-0.2, 0) is 26.8 Å². The van der Waals surface area contributed by atoms with Crippen LogP contribution in [0.15, 0.2) is 36.7 Å². The molecule has 0 aliphatic rings. The Hall–Kier alpha value is -3.22. The molecule has 0 fully saturated rings. The first-order valence-corrected chi connectivity index (χ1v) is 18.0. The molecule has 0 radical (unpaired) electrons. The van der Waals surface area contributed by atoms with E-state index in [0.29, 0.717) is 36.3 Å². The van der Waals surface area contributed by atoms with Crippen molar-refractivity contribution in [1.82, 2.24) is 14.6 Å². The van der Waals surface area contributed by atoms with Crippen molar-refractivity contribution in [1.29, 1.82) is 10.5 Å². The number of unbranched alkanes of at least 4 members (excludes halogenated alkanes) is 12. The molecule has 0 saturated heterocycles. The van der Waals surface area contributed by atoms with Crippen LogP contribution in [0.2, 0.25) is 0 Å². The van der Waals surface area contributed by atoms with E-state index in [9.17, 15) is 14.5 Å². The zero-order chi connectivity index (χ0) is 35.0. The third kappa shape index (κ3) is 15.3. The fourth-order valence-electron chi connectivity index (χ4n) is 5.16. The van der Waals surface area contributed by atoms with Crippen LogP contribution in [-0.4, -0.2) is 50.5 Å². The number of nitriles is 2. The summed E-state index contributed by atoms with van der Waals surface area (Å²) in [4.78, 5) is 14.1. The highest BCUT2D eigenvalue weighted by atomic mass is 31.2. The Morgan fingerprint density at radius 3 is 2.19 bits per heavy atom. The summed E-state index contributed by atoms with van der Waals surface area (Å²) >= 11 is 0. The van der Waals surface area contributed by atoms with Gasteiger partial charge in [0.2, 0.25) is 0 Å². The van der Waals surface area contributed by atoms with E-state index in [1.165, 1.54) is 96.2 Å². The fraction of sp³-hybridized carbons (Fsp3) is 0.600. The lowest BCUT2D eigenvalue weighted by molar-refractivity contribution is -0.0108. The number of aliphatic hydroxyl groups is 1. The van der Waals surface area contributed by atoms with Gasteiger partial charge in [-0.3, -0.25) is 0 Å². The van der Waals surface area contributed by atoms with Crippen LogP contribution in [0.3, 0.4) is 0 Å². The van der Waals surface area contributed by atoms with Gasteiger partial charge in [-0.25, -0.2) is 13.9 Å². The molecule has 48 heavy (non-hydrogen) atoms. The first-order chi connectivity index (χ1) is 23.3. The first-order valence-electron chi connectivity index (χ1n) is 16.9. The molecule has 264 valence electrons. The number of nitrogens with two attached hydrogens (primary N) is 1. The van der Waals surface area contributed by atoms with Gasteiger partial charge in [-0.05, 0) is 55.2 Å². The number of aryl methyl sites for hydroxylation is 1. The van der Waals surface area contributed by atoms with Gasteiger partial charge >= 0.3 is 8.60 Å². The lowest BCUT2D eigenvalue weighted by atomic mass is 9.99. The van der Waals surface area contributed by atoms with E-state index < -0.39 is 20.0 Å². The molecular formula is C35H52FN6O5P. The third-order valence-electron chi connectivity index (χ3n) is 8.07. The van der Waals surface area contributed by atoms with Crippen LogP contribution >= 0.6 is 8.60 Å². The number of rotatable bonds is 23. The number of halogens is 1. The molecule has 1 aromatic carbocycles. The van der Waals surface area contributed by atoms with Crippen LogP contribution in [0.5, 0.6) is 0 Å². The number of nitrogen functional groups attached to an aromatic ring is 1. The number of nitrogens with zero attached hydrogens (tertiary/aromatic N) is 5. The molecule has 4 N–H and O–H groups in total. The summed E-state index contributed by atoms with van der Waals surface area (Å²) in [5, 5.41) is 31.0. The molecule has 0 amide bonds. The zero-order valence-electron chi connectivity index (χ0n) is 28.4. The van der Waals surface area contributed by atoms with Crippen LogP contribution in [0.1, 0.15) is 114 Å². The van der Waals surface area contributed by atoms with Crippen molar-refractivity contribution in [2.75, 3.05) is 26.1 Å². The van der Waals surface area contributed by atoms with Crippen molar-refractivity contribution in [2.45, 2.75) is 115 Å². The normalized spacial score (nSPS) is 12.9. The Balaban J connectivity index is 0.000000613. The van der Waals surface area contributed by atoms with Gasteiger partial charge in [-0.1, -0.05) is 84.0 Å². The maximum absolute atomic E-state index is 12.5. The Kier molecular flexibility index (Phi) is 20.5. The Morgan fingerprint density at radius 1 is 0.958 bits per heavy atom. The van der Waals surface area contributed by atoms with E-state index >= 15 is 0 Å². The molecule has 0 bridgehead atoms. The van der Waals surface area contributed by atoms with Gasteiger partial charge < -0.3 is 29.5 Å². The molecule has 3 aromatic rings. The molecule has 0 spiro atoms. The number of hydrogen-bond acceptors (Lipinski definition) is 10. The molecule has 2 unspecified atom stereocenters. The predicted octanol–water partition coefficient (Wildman–Crippen LogP) is 7.69. The second kappa shape index (κ2) is 24.0. The summed E-state index contributed by atoms with van der Waals surface area (Å²) in [6, 6.07) is 11.5. The van der Waals surface area contributed by atoms with Crippen LogP contribution < -0.4 is 5.73 Å². The predicted molar refractivity (Wildman–Crippen MR) is 185 cm³/mol. The quantitative estimate of drug-likeness (QED) is 0.0663. The Labute approximate surface area is 285 Å².